The van der Waals surface area contributed by atoms with E-state index in [9.17, 15) is 15.2 Å². The Kier molecular flexibility index (Phi) is 5.73. The lowest BCUT2D eigenvalue weighted by atomic mass is 9.89. The number of halogens is 1. The monoisotopic (exact) mass is 397 g/mol. The second-order valence-corrected chi connectivity index (χ2v) is 7.65. The molecule has 3 rings (SSSR count). The normalized spacial score (nSPS) is 26.2. The first kappa shape index (κ1) is 17.6. The van der Waals surface area contributed by atoms with Crippen LogP contribution in [0, 0.1) is 10.1 Å². The lowest BCUT2D eigenvalue weighted by molar-refractivity contribution is -0.384. The van der Waals surface area contributed by atoms with Crippen molar-refractivity contribution >= 4 is 27.3 Å². The van der Waals surface area contributed by atoms with Crippen molar-refractivity contribution in [2.75, 3.05) is 18.4 Å². The minimum absolute atomic E-state index is 0.0912. The van der Waals surface area contributed by atoms with Gasteiger partial charge in [-0.05, 0) is 47.7 Å². The molecule has 0 spiro atoms. The maximum absolute atomic E-state index is 10.8. The molecule has 0 aromatic heterocycles. The highest BCUT2D eigenvalue weighted by molar-refractivity contribution is 9.10. The SMILES string of the molecule is O=[N+]([O-])c1ccc(NC2CCN(C3CCCCC3O)CC2)c(Br)c1. The van der Waals surface area contributed by atoms with Crippen molar-refractivity contribution in [2.45, 2.75) is 56.7 Å². The molecule has 7 heteroatoms. The minimum atomic E-state index is -0.386. The van der Waals surface area contributed by atoms with Gasteiger partial charge in [-0.3, -0.25) is 15.0 Å². The van der Waals surface area contributed by atoms with Gasteiger partial charge in [0.05, 0.1) is 11.0 Å². The Morgan fingerprint density at radius 3 is 2.54 bits per heavy atom. The smallest absolute Gasteiger partial charge is 0.270 e. The maximum Gasteiger partial charge on any atom is 0.270 e. The van der Waals surface area contributed by atoms with Crippen LogP contribution in [0.15, 0.2) is 22.7 Å². The highest BCUT2D eigenvalue weighted by Crippen LogP contribution is 2.30. The molecule has 24 heavy (non-hydrogen) atoms. The van der Waals surface area contributed by atoms with Crippen molar-refractivity contribution in [3.63, 3.8) is 0 Å². The van der Waals surface area contributed by atoms with Gasteiger partial charge in [0.1, 0.15) is 0 Å². The molecule has 2 unspecified atom stereocenters. The highest BCUT2D eigenvalue weighted by Gasteiger charge is 2.31. The van der Waals surface area contributed by atoms with Crippen molar-refractivity contribution in [3.8, 4) is 0 Å². The van der Waals surface area contributed by atoms with Gasteiger partial charge >= 0.3 is 0 Å². The summed E-state index contributed by atoms with van der Waals surface area (Å²) in [5.74, 6) is 0. The Balaban J connectivity index is 1.54. The molecule has 2 atom stereocenters. The number of nitrogens with zero attached hydrogens (tertiary/aromatic N) is 2. The van der Waals surface area contributed by atoms with Crippen LogP contribution in [0.3, 0.4) is 0 Å². The van der Waals surface area contributed by atoms with E-state index in [1.807, 2.05) is 0 Å². The number of anilines is 1. The number of piperidine rings is 1. The molecule has 2 N–H and O–H groups in total. The van der Waals surface area contributed by atoms with Crippen molar-refractivity contribution in [3.05, 3.63) is 32.8 Å². The molecule has 132 valence electrons. The molecule has 1 aromatic rings. The zero-order chi connectivity index (χ0) is 17.1. The molecular formula is C17H24BrN3O3. The summed E-state index contributed by atoms with van der Waals surface area (Å²) in [4.78, 5) is 12.9. The third kappa shape index (κ3) is 4.07. The molecule has 2 fully saturated rings. The molecule has 1 saturated heterocycles. The Bertz CT molecular complexity index is 590. The summed E-state index contributed by atoms with van der Waals surface area (Å²) in [6, 6.07) is 5.51. The summed E-state index contributed by atoms with van der Waals surface area (Å²) < 4.78 is 0.724. The fraction of sp³-hybridized carbons (Fsp3) is 0.647. The molecule has 1 aliphatic carbocycles. The molecular weight excluding hydrogens is 374 g/mol. The van der Waals surface area contributed by atoms with Gasteiger partial charge in [0.2, 0.25) is 0 Å². The van der Waals surface area contributed by atoms with Crippen LogP contribution in [-0.4, -0.2) is 46.2 Å². The topological polar surface area (TPSA) is 78.6 Å². The van der Waals surface area contributed by atoms with E-state index in [2.05, 4.69) is 26.1 Å². The molecule has 0 radical (unpaired) electrons. The average Bonchev–Trinajstić information content (AvgIpc) is 2.58. The number of rotatable bonds is 4. The van der Waals surface area contributed by atoms with Gasteiger partial charge in [0.15, 0.2) is 0 Å². The second kappa shape index (κ2) is 7.80. The molecule has 0 bridgehead atoms. The quantitative estimate of drug-likeness (QED) is 0.599. The third-order valence-electron chi connectivity index (χ3n) is 5.22. The van der Waals surface area contributed by atoms with E-state index < -0.39 is 0 Å². The number of nitro groups is 1. The van der Waals surface area contributed by atoms with E-state index in [0.717, 1.165) is 55.4 Å². The van der Waals surface area contributed by atoms with Crippen LogP contribution in [0.5, 0.6) is 0 Å². The zero-order valence-corrected chi connectivity index (χ0v) is 15.2. The summed E-state index contributed by atoms with van der Waals surface area (Å²) in [5, 5.41) is 24.5. The van der Waals surface area contributed by atoms with E-state index in [-0.39, 0.29) is 16.7 Å². The van der Waals surface area contributed by atoms with Crippen LogP contribution < -0.4 is 5.32 Å². The van der Waals surface area contributed by atoms with E-state index >= 15 is 0 Å². The molecule has 1 aromatic carbocycles. The summed E-state index contributed by atoms with van der Waals surface area (Å²) in [7, 11) is 0. The summed E-state index contributed by atoms with van der Waals surface area (Å²) in [6.07, 6.45) is 6.26. The fourth-order valence-corrected chi connectivity index (χ4v) is 4.33. The first-order chi connectivity index (χ1) is 11.5. The third-order valence-corrected chi connectivity index (χ3v) is 5.87. The minimum Gasteiger partial charge on any atom is -0.391 e. The van der Waals surface area contributed by atoms with Crippen LogP contribution >= 0.6 is 15.9 Å². The average molecular weight is 398 g/mol. The van der Waals surface area contributed by atoms with Crippen LogP contribution in [-0.2, 0) is 0 Å². The van der Waals surface area contributed by atoms with Crippen LogP contribution in [0.25, 0.3) is 0 Å². The lowest BCUT2D eigenvalue weighted by Crippen LogP contribution is -2.50. The van der Waals surface area contributed by atoms with Crippen molar-refractivity contribution in [1.82, 2.24) is 4.90 Å². The second-order valence-electron chi connectivity index (χ2n) is 6.79. The summed E-state index contributed by atoms with van der Waals surface area (Å²) >= 11 is 3.41. The number of nitrogens with one attached hydrogen (secondary N) is 1. The predicted octanol–water partition coefficient (Wildman–Crippen LogP) is 3.54. The van der Waals surface area contributed by atoms with Gasteiger partial charge in [-0.1, -0.05) is 12.8 Å². The van der Waals surface area contributed by atoms with Crippen LogP contribution in [0.2, 0.25) is 0 Å². The van der Waals surface area contributed by atoms with Gasteiger partial charge in [-0.2, -0.15) is 0 Å². The Morgan fingerprint density at radius 1 is 1.21 bits per heavy atom. The fourth-order valence-electron chi connectivity index (χ4n) is 3.85. The first-order valence-corrected chi connectivity index (χ1v) is 9.46. The van der Waals surface area contributed by atoms with E-state index in [0.29, 0.717) is 12.1 Å². The van der Waals surface area contributed by atoms with Crippen molar-refractivity contribution < 1.29 is 10.0 Å². The zero-order valence-electron chi connectivity index (χ0n) is 13.7. The number of likely N-dealkylation sites (tertiary alicyclic amines) is 1. The molecule has 1 aliphatic heterocycles. The highest BCUT2D eigenvalue weighted by atomic mass is 79.9. The largest absolute Gasteiger partial charge is 0.391 e. The standard InChI is InChI=1S/C17H24BrN3O3/c18-14-11-13(21(23)24)5-6-15(14)19-12-7-9-20(10-8-12)16-3-1-2-4-17(16)22/h5-6,11-12,16-17,19,22H,1-4,7-10H2. The van der Waals surface area contributed by atoms with Gasteiger partial charge in [-0.15, -0.1) is 0 Å². The van der Waals surface area contributed by atoms with Gasteiger partial charge in [0, 0.05) is 47.5 Å². The number of aliphatic hydroxyl groups is 1. The van der Waals surface area contributed by atoms with Crippen molar-refractivity contribution in [1.29, 1.82) is 0 Å². The lowest BCUT2D eigenvalue weighted by Gasteiger charge is -2.41. The Morgan fingerprint density at radius 2 is 1.92 bits per heavy atom. The van der Waals surface area contributed by atoms with Crippen LogP contribution in [0.1, 0.15) is 38.5 Å². The van der Waals surface area contributed by atoms with E-state index in [4.69, 9.17) is 0 Å². The number of benzene rings is 1. The number of non-ortho nitro benzene ring substituents is 1. The van der Waals surface area contributed by atoms with E-state index in [1.54, 1.807) is 6.07 Å². The first-order valence-electron chi connectivity index (χ1n) is 8.67. The number of hydrogen-bond acceptors (Lipinski definition) is 5. The van der Waals surface area contributed by atoms with Crippen LogP contribution in [0.4, 0.5) is 11.4 Å². The van der Waals surface area contributed by atoms with Crippen molar-refractivity contribution in [2.24, 2.45) is 0 Å². The summed E-state index contributed by atoms with van der Waals surface area (Å²) in [5.41, 5.74) is 0.991. The molecule has 0 amide bonds. The number of nitro benzene ring substituents is 1. The number of aliphatic hydroxyl groups excluding tert-OH is 1. The molecule has 1 heterocycles. The molecule has 1 saturated carbocycles. The van der Waals surface area contributed by atoms with Gasteiger partial charge in [-0.25, -0.2) is 0 Å². The Labute approximate surface area is 150 Å². The number of hydrogen-bond donors (Lipinski definition) is 2. The predicted molar refractivity (Wildman–Crippen MR) is 97.3 cm³/mol. The maximum atomic E-state index is 10.8. The molecule has 2 aliphatic rings. The van der Waals surface area contributed by atoms with E-state index in [1.165, 1.54) is 18.6 Å². The molecule has 6 nitrogen and oxygen atoms in total. The van der Waals surface area contributed by atoms with Gasteiger partial charge < -0.3 is 10.4 Å². The Hall–Kier alpha value is -1.18. The summed E-state index contributed by atoms with van der Waals surface area (Å²) in [6.45, 7) is 1.98. The van der Waals surface area contributed by atoms with Gasteiger partial charge in [0.25, 0.3) is 5.69 Å².